The van der Waals surface area contributed by atoms with E-state index >= 15 is 0 Å². The van der Waals surface area contributed by atoms with Gasteiger partial charge in [0.2, 0.25) is 0 Å². The molecule has 0 aliphatic rings. The van der Waals surface area contributed by atoms with Crippen molar-refractivity contribution < 1.29 is 9.53 Å². The summed E-state index contributed by atoms with van der Waals surface area (Å²) in [6.45, 7) is 5.35. The molecule has 0 amide bonds. The molecule has 1 unspecified atom stereocenters. The number of hydrogen-bond donors (Lipinski definition) is 1. The third-order valence-electron chi connectivity index (χ3n) is 1.97. The maximum absolute atomic E-state index is 11.1. The van der Waals surface area contributed by atoms with E-state index in [4.69, 9.17) is 10.5 Å². The Morgan fingerprint density at radius 1 is 1.46 bits per heavy atom. The van der Waals surface area contributed by atoms with Gasteiger partial charge in [-0.15, -0.1) is 0 Å². The second kappa shape index (κ2) is 8.05. The molecule has 78 valence electrons. The molecule has 0 fully saturated rings. The zero-order chi connectivity index (χ0) is 10.1. The molecular formula is C10H21NO2. The van der Waals surface area contributed by atoms with Crippen molar-refractivity contribution in [3.05, 3.63) is 0 Å². The number of hydrogen-bond acceptors (Lipinski definition) is 3. The molecule has 1 atom stereocenters. The molecule has 0 spiro atoms. The van der Waals surface area contributed by atoms with Crippen LogP contribution < -0.4 is 5.73 Å². The summed E-state index contributed by atoms with van der Waals surface area (Å²) in [7, 11) is 0. The van der Waals surface area contributed by atoms with E-state index in [0.717, 1.165) is 19.3 Å². The molecule has 0 aliphatic heterocycles. The molecular weight excluding hydrogens is 166 g/mol. The fourth-order valence-corrected chi connectivity index (χ4v) is 1.08. The Morgan fingerprint density at radius 2 is 2.15 bits per heavy atom. The van der Waals surface area contributed by atoms with Gasteiger partial charge in [-0.3, -0.25) is 4.79 Å². The van der Waals surface area contributed by atoms with Crippen molar-refractivity contribution in [1.29, 1.82) is 0 Å². The van der Waals surface area contributed by atoms with Crippen LogP contribution in [0.15, 0.2) is 0 Å². The van der Waals surface area contributed by atoms with Crippen LogP contribution in [0.25, 0.3) is 0 Å². The van der Waals surface area contributed by atoms with Gasteiger partial charge in [-0.05, 0) is 31.7 Å². The summed E-state index contributed by atoms with van der Waals surface area (Å²) in [6.07, 6.45) is 3.30. The lowest BCUT2D eigenvalue weighted by Gasteiger charge is -2.08. The lowest BCUT2D eigenvalue weighted by Crippen LogP contribution is -2.10. The molecule has 0 aromatic heterocycles. The summed E-state index contributed by atoms with van der Waals surface area (Å²) in [5.41, 5.74) is 5.40. The number of rotatable bonds is 7. The van der Waals surface area contributed by atoms with Crippen molar-refractivity contribution >= 4 is 5.97 Å². The SMILES string of the molecule is CCCOC(=O)CCC(C)CCN. The summed E-state index contributed by atoms with van der Waals surface area (Å²) in [5, 5.41) is 0. The van der Waals surface area contributed by atoms with Gasteiger partial charge in [0.25, 0.3) is 0 Å². The van der Waals surface area contributed by atoms with E-state index in [9.17, 15) is 4.79 Å². The number of esters is 1. The number of carbonyl (C=O) groups is 1. The van der Waals surface area contributed by atoms with E-state index in [1.54, 1.807) is 0 Å². The first-order valence-corrected chi connectivity index (χ1v) is 5.06. The zero-order valence-corrected chi connectivity index (χ0v) is 8.71. The molecule has 0 radical (unpaired) electrons. The van der Waals surface area contributed by atoms with Gasteiger partial charge >= 0.3 is 5.97 Å². The molecule has 0 bridgehead atoms. The van der Waals surface area contributed by atoms with Crippen LogP contribution in [0.1, 0.15) is 39.5 Å². The Bertz CT molecular complexity index is 137. The lowest BCUT2D eigenvalue weighted by molar-refractivity contribution is -0.144. The van der Waals surface area contributed by atoms with Crippen molar-refractivity contribution in [2.24, 2.45) is 11.7 Å². The Labute approximate surface area is 80.6 Å². The second-order valence-corrected chi connectivity index (χ2v) is 3.44. The molecule has 0 heterocycles. The van der Waals surface area contributed by atoms with Gasteiger partial charge in [-0.1, -0.05) is 13.8 Å². The van der Waals surface area contributed by atoms with Gasteiger partial charge in [-0.2, -0.15) is 0 Å². The van der Waals surface area contributed by atoms with Crippen molar-refractivity contribution in [1.82, 2.24) is 0 Å². The first kappa shape index (κ1) is 12.4. The molecule has 2 N–H and O–H groups in total. The normalized spacial score (nSPS) is 12.5. The molecule has 0 aliphatic carbocycles. The van der Waals surface area contributed by atoms with E-state index in [-0.39, 0.29) is 5.97 Å². The number of nitrogens with two attached hydrogens (primary N) is 1. The highest BCUT2D eigenvalue weighted by atomic mass is 16.5. The fourth-order valence-electron chi connectivity index (χ4n) is 1.08. The third kappa shape index (κ3) is 7.78. The molecule has 0 rings (SSSR count). The zero-order valence-electron chi connectivity index (χ0n) is 8.71. The summed E-state index contributed by atoms with van der Waals surface area (Å²) < 4.78 is 4.95. The van der Waals surface area contributed by atoms with E-state index in [0.29, 0.717) is 25.5 Å². The Hall–Kier alpha value is -0.570. The van der Waals surface area contributed by atoms with Crippen molar-refractivity contribution in [2.45, 2.75) is 39.5 Å². The van der Waals surface area contributed by atoms with E-state index in [1.807, 2.05) is 6.92 Å². The van der Waals surface area contributed by atoms with Gasteiger partial charge < -0.3 is 10.5 Å². The van der Waals surface area contributed by atoms with Crippen molar-refractivity contribution in [3.8, 4) is 0 Å². The highest BCUT2D eigenvalue weighted by molar-refractivity contribution is 5.69. The van der Waals surface area contributed by atoms with Gasteiger partial charge in [0.15, 0.2) is 0 Å². The minimum atomic E-state index is -0.0780. The summed E-state index contributed by atoms with van der Waals surface area (Å²) in [4.78, 5) is 11.1. The van der Waals surface area contributed by atoms with Crippen LogP contribution in [-0.4, -0.2) is 19.1 Å². The highest BCUT2D eigenvalue weighted by Gasteiger charge is 2.06. The van der Waals surface area contributed by atoms with Crippen LogP contribution in [0.2, 0.25) is 0 Å². The first-order valence-electron chi connectivity index (χ1n) is 5.06. The smallest absolute Gasteiger partial charge is 0.305 e. The first-order chi connectivity index (χ1) is 6.20. The van der Waals surface area contributed by atoms with E-state index < -0.39 is 0 Å². The molecule has 0 saturated carbocycles. The van der Waals surface area contributed by atoms with E-state index in [1.165, 1.54) is 0 Å². The monoisotopic (exact) mass is 187 g/mol. The lowest BCUT2D eigenvalue weighted by atomic mass is 10.0. The van der Waals surface area contributed by atoms with Gasteiger partial charge in [-0.25, -0.2) is 0 Å². The quantitative estimate of drug-likeness (QED) is 0.617. The van der Waals surface area contributed by atoms with Crippen LogP contribution in [0.5, 0.6) is 0 Å². The largest absolute Gasteiger partial charge is 0.466 e. The summed E-state index contributed by atoms with van der Waals surface area (Å²) in [6, 6.07) is 0. The van der Waals surface area contributed by atoms with Gasteiger partial charge in [0.05, 0.1) is 6.61 Å². The molecule has 3 heteroatoms. The average molecular weight is 187 g/mol. The molecule has 0 saturated heterocycles. The maximum atomic E-state index is 11.1. The summed E-state index contributed by atoms with van der Waals surface area (Å²) in [5.74, 6) is 0.449. The molecule has 3 nitrogen and oxygen atoms in total. The Balaban J connectivity index is 3.34. The van der Waals surface area contributed by atoms with Crippen molar-refractivity contribution in [2.75, 3.05) is 13.2 Å². The molecule has 0 aromatic carbocycles. The van der Waals surface area contributed by atoms with Crippen molar-refractivity contribution in [3.63, 3.8) is 0 Å². The van der Waals surface area contributed by atoms with Crippen LogP contribution in [0.3, 0.4) is 0 Å². The highest BCUT2D eigenvalue weighted by Crippen LogP contribution is 2.09. The van der Waals surface area contributed by atoms with Crippen LogP contribution in [0.4, 0.5) is 0 Å². The predicted molar refractivity (Wildman–Crippen MR) is 53.3 cm³/mol. The average Bonchev–Trinajstić information content (AvgIpc) is 2.12. The Morgan fingerprint density at radius 3 is 2.69 bits per heavy atom. The topological polar surface area (TPSA) is 52.3 Å². The fraction of sp³-hybridized carbons (Fsp3) is 0.900. The van der Waals surface area contributed by atoms with Crippen LogP contribution in [0, 0.1) is 5.92 Å². The Kier molecular flexibility index (Phi) is 7.69. The molecule has 13 heavy (non-hydrogen) atoms. The number of ether oxygens (including phenoxy) is 1. The third-order valence-corrected chi connectivity index (χ3v) is 1.97. The summed E-state index contributed by atoms with van der Waals surface area (Å²) >= 11 is 0. The standard InChI is InChI=1S/C10H21NO2/c1-3-8-13-10(12)5-4-9(2)6-7-11/h9H,3-8,11H2,1-2H3. The van der Waals surface area contributed by atoms with E-state index in [2.05, 4.69) is 6.92 Å². The predicted octanol–water partition coefficient (Wildman–Crippen LogP) is 1.70. The maximum Gasteiger partial charge on any atom is 0.305 e. The van der Waals surface area contributed by atoms with Crippen LogP contribution in [-0.2, 0) is 9.53 Å². The molecule has 0 aromatic rings. The second-order valence-electron chi connectivity index (χ2n) is 3.44. The van der Waals surface area contributed by atoms with Crippen LogP contribution >= 0.6 is 0 Å². The number of carbonyl (C=O) groups excluding carboxylic acids is 1. The van der Waals surface area contributed by atoms with Gasteiger partial charge in [0, 0.05) is 6.42 Å². The minimum absolute atomic E-state index is 0.0780. The van der Waals surface area contributed by atoms with Gasteiger partial charge in [0.1, 0.15) is 0 Å². The minimum Gasteiger partial charge on any atom is -0.466 e.